The van der Waals surface area contributed by atoms with Crippen molar-refractivity contribution < 1.29 is 41.4 Å². The number of carbonyl (C=O) groups is 2. The SMILES string of the molecule is CCCCCCCCCCOc1cnc(-c2ccc(C(=O)Oc3ccc(C(=O)OC(CCCCCC)C(F)(F)F)c(F)c3)cc2)nc1. The Labute approximate surface area is 274 Å². The summed E-state index contributed by atoms with van der Waals surface area (Å²) in [4.78, 5) is 33.7. The number of nitrogens with zero attached hydrogens (tertiary/aromatic N) is 2. The first-order chi connectivity index (χ1) is 22.6. The van der Waals surface area contributed by atoms with E-state index in [1.165, 1.54) is 50.7 Å². The van der Waals surface area contributed by atoms with Crippen molar-refractivity contribution in [2.45, 2.75) is 110 Å². The number of halogens is 4. The maximum atomic E-state index is 14.7. The average molecular weight is 661 g/mol. The molecule has 0 amide bonds. The first kappa shape index (κ1) is 37.4. The van der Waals surface area contributed by atoms with Crippen molar-refractivity contribution in [2.24, 2.45) is 0 Å². The summed E-state index contributed by atoms with van der Waals surface area (Å²) in [7, 11) is 0. The van der Waals surface area contributed by atoms with Gasteiger partial charge < -0.3 is 14.2 Å². The molecule has 1 heterocycles. The van der Waals surface area contributed by atoms with E-state index in [-0.39, 0.29) is 17.7 Å². The fraction of sp³-hybridized carbons (Fsp3) is 0.500. The Balaban J connectivity index is 1.49. The lowest BCUT2D eigenvalue weighted by atomic mass is 10.1. The Kier molecular flexibility index (Phi) is 15.6. The molecule has 3 aromatic rings. The highest BCUT2D eigenvalue weighted by atomic mass is 19.4. The van der Waals surface area contributed by atoms with E-state index in [9.17, 15) is 27.2 Å². The van der Waals surface area contributed by atoms with Gasteiger partial charge in [-0.3, -0.25) is 0 Å². The van der Waals surface area contributed by atoms with Gasteiger partial charge in [-0.2, -0.15) is 13.2 Å². The zero-order valence-corrected chi connectivity index (χ0v) is 27.1. The Morgan fingerprint density at radius 2 is 1.34 bits per heavy atom. The number of rotatable bonds is 20. The van der Waals surface area contributed by atoms with Gasteiger partial charge >= 0.3 is 18.1 Å². The minimum absolute atomic E-state index is 0.152. The Morgan fingerprint density at radius 3 is 1.94 bits per heavy atom. The molecule has 0 bridgehead atoms. The molecule has 256 valence electrons. The quantitative estimate of drug-likeness (QED) is 0.0516. The molecule has 0 aliphatic rings. The molecule has 1 aromatic heterocycles. The maximum absolute atomic E-state index is 14.7. The van der Waals surface area contributed by atoms with Crippen LogP contribution in [0.4, 0.5) is 17.6 Å². The summed E-state index contributed by atoms with van der Waals surface area (Å²) in [6.45, 7) is 4.73. The van der Waals surface area contributed by atoms with E-state index in [1.807, 2.05) is 6.92 Å². The molecule has 1 unspecified atom stereocenters. The van der Waals surface area contributed by atoms with Crippen LogP contribution in [0, 0.1) is 5.82 Å². The van der Waals surface area contributed by atoms with Crippen molar-refractivity contribution in [1.82, 2.24) is 9.97 Å². The number of hydrogen-bond donors (Lipinski definition) is 0. The van der Waals surface area contributed by atoms with E-state index >= 15 is 0 Å². The van der Waals surface area contributed by atoms with E-state index < -0.39 is 42.0 Å². The number of benzene rings is 2. The van der Waals surface area contributed by atoms with Crippen LogP contribution in [-0.2, 0) is 4.74 Å². The van der Waals surface area contributed by atoms with Gasteiger partial charge in [0.15, 0.2) is 17.7 Å². The van der Waals surface area contributed by atoms with E-state index in [1.54, 1.807) is 24.5 Å². The fourth-order valence-corrected chi connectivity index (χ4v) is 4.85. The van der Waals surface area contributed by atoms with Gasteiger partial charge in [0.05, 0.1) is 30.1 Å². The van der Waals surface area contributed by atoms with E-state index in [4.69, 9.17) is 9.47 Å². The summed E-state index contributed by atoms with van der Waals surface area (Å²) in [5, 5.41) is 0. The van der Waals surface area contributed by atoms with Crippen LogP contribution >= 0.6 is 0 Å². The summed E-state index contributed by atoms with van der Waals surface area (Å²) in [5.74, 6) is -2.65. The van der Waals surface area contributed by atoms with Crippen LogP contribution in [0.15, 0.2) is 54.9 Å². The standard InChI is InChI=1S/C36H44F4N2O5/c1-3-5-7-9-10-11-12-14-22-45-29-24-41-33(42-25-29)26-16-18-27(19-17-26)34(43)46-28-20-21-30(31(37)23-28)35(44)47-32(36(38,39)40)15-13-8-6-4-2/h16-21,23-25,32H,3-15,22H2,1-2H3. The maximum Gasteiger partial charge on any atom is 0.425 e. The number of ether oxygens (including phenoxy) is 3. The van der Waals surface area contributed by atoms with Crippen LogP contribution in [0.1, 0.15) is 118 Å². The molecule has 11 heteroatoms. The van der Waals surface area contributed by atoms with Crippen molar-refractivity contribution in [3.05, 3.63) is 71.8 Å². The molecule has 3 rings (SSSR count). The highest BCUT2D eigenvalue weighted by Crippen LogP contribution is 2.29. The number of unbranched alkanes of at least 4 members (excludes halogenated alkanes) is 10. The van der Waals surface area contributed by atoms with E-state index in [0.29, 0.717) is 30.2 Å². The van der Waals surface area contributed by atoms with Crippen molar-refractivity contribution in [3.8, 4) is 22.9 Å². The predicted octanol–water partition coefficient (Wildman–Crippen LogP) is 10.1. The van der Waals surface area contributed by atoms with Gasteiger partial charge in [-0.1, -0.05) is 90.2 Å². The summed E-state index contributed by atoms with van der Waals surface area (Å²) in [6, 6.07) is 9.04. The molecule has 1 atom stereocenters. The van der Waals surface area contributed by atoms with Crippen LogP contribution in [0.25, 0.3) is 11.4 Å². The van der Waals surface area contributed by atoms with Crippen LogP contribution in [-0.4, -0.2) is 40.8 Å². The Hall–Kier alpha value is -4.02. The highest BCUT2D eigenvalue weighted by Gasteiger charge is 2.42. The fourth-order valence-electron chi connectivity index (χ4n) is 4.85. The lowest BCUT2D eigenvalue weighted by Crippen LogP contribution is -2.34. The average Bonchev–Trinajstić information content (AvgIpc) is 3.05. The van der Waals surface area contributed by atoms with E-state index in [0.717, 1.165) is 43.9 Å². The molecule has 0 saturated heterocycles. The van der Waals surface area contributed by atoms with Crippen LogP contribution in [0.2, 0.25) is 0 Å². The zero-order valence-electron chi connectivity index (χ0n) is 27.1. The highest BCUT2D eigenvalue weighted by molar-refractivity contribution is 5.92. The van der Waals surface area contributed by atoms with Gasteiger partial charge in [0.25, 0.3) is 0 Å². The third-order valence-electron chi connectivity index (χ3n) is 7.58. The summed E-state index contributed by atoms with van der Waals surface area (Å²) in [5.41, 5.74) is 0.105. The first-order valence-corrected chi connectivity index (χ1v) is 16.5. The molecule has 0 fully saturated rings. The number of esters is 2. The molecule has 0 radical (unpaired) electrons. The molecule has 47 heavy (non-hydrogen) atoms. The van der Waals surface area contributed by atoms with Crippen LogP contribution in [0.3, 0.4) is 0 Å². The van der Waals surface area contributed by atoms with Crippen molar-refractivity contribution in [2.75, 3.05) is 6.61 Å². The molecule has 2 aromatic carbocycles. The first-order valence-electron chi connectivity index (χ1n) is 16.5. The molecule has 0 spiro atoms. The van der Waals surface area contributed by atoms with Crippen LogP contribution < -0.4 is 9.47 Å². The predicted molar refractivity (Wildman–Crippen MR) is 171 cm³/mol. The molecular weight excluding hydrogens is 616 g/mol. The minimum atomic E-state index is -4.78. The van der Waals surface area contributed by atoms with Gasteiger partial charge in [-0.05, 0) is 43.5 Å². The molecule has 0 aliphatic heterocycles. The van der Waals surface area contributed by atoms with Gasteiger partial charge in [-0.15, -0.1) is 0 Å². The number of hydrogen-bond acceptors (Lipinski definition) is 7. The molecule has 0 N–H and O–H groups in total. The molecule has 0 saturated carbocycles. The lowest BCUT2D eigenvalue weighted by molar-refractivity contribution is -0.206. The largest absolute Gasteiger partial charge is 0.490 e. The topological polar surface area (TPSA) is 87.6 Å². The number of alkyl halides is 3. The third-order valence-corrected chi connectivity index (χ3v) is 7.58. The van der Waals surface area contributed by atoms with Gasteiger partial charge in [-0.25, -0.2) is 23.9 Å². The third kappa shape index (κ3) is 13.0. The Bertz CT molecular complexity index is 1380. The summed E-state index contributed by atoms with van der Waals surface area (Å²) >= 11 is 0. The second-order valence-electron chi connectivity index (χ2n) is 11.5. The number of aromatic nitrogens is 2. The second kappa shape index (κ2) is 19.6. The number of carbonyl (C=O) groups excluding carboxylic acids is 2. The Morgan fingerprint density at radius 1 is 0.745 bits per heavy atom. The molecule has 7 nitrogen and oxygen atoms in total. The molecule has 0 aliphatic carbocycles. The van der Waals surface area contributed by atoms with E-state index in [2.05, 4.69) is 21.6 Å². The minimum Gasteiger partial charge on any atom is -0.490 e. The summed E-state index contributed by atoms with van der Waals surface area (Å²) in [6.07, 6.45) is 7.76. The second-order valence-corrected chi connectivity index (χ2v) is 11.5. The van der Waals surface area contributed by atoms with Crippen LogP contribution in [0.5, 0.6) is 11.5 Å². The summed E-state index contributed by atoms with van der Waals surface area (Å²) < 4.78 is 70.4. The zero-order chi connectivity index (χ0) is 34.1. The van der Waals surface area contributed by atoms with Gasteiger partial charge in [0.1, 0.15) is 11.6 Å². The van der Waals surface area contributed by atoms with Gasteiger partial charge in [0, 0.05) is 11.6 Å². The molecular formula is C36H44F4N2O5. The lowest BCUT2D eigenvalue weighted by Gasteiger charge is -2.21. The normalized spacial score (nSPS) is 12.0. The monoisotopic (exact) mass is 660 g/mol. The smallest absolute Gasteiger partial charge is 0.425 e. The van der Waals surface area contributed by atoms with Crippen molar-refractivity contribution >= 4 is 11.9 Å². The van der Waals surface area contributed by atoms with Crippen molar-refractivity contribution in [3.63, 3.8) is 0 Å². The van der Waals surface area contributed by atoms with Crippen molar-refractivity contribution in [1.29, 1.82) is 0 Å². The van der Waals surface area contributed by atoms with Gasteiger partial charge in [0.2, 0.25) is 0 Å².